The van der Waals surface area contributed by atoms with E-state index in [0.717, 1.165) is 19.6 Å². The zero-order valence-corrected chi connectivity index (χ0v) is 12.4. The maximum Gasteiger partial charge on any atom is 0.0791 e. The van der Waals surface area contributed by atoms with Gasteiger partial charge in [-0.2, -0.15) is 11.3 Å². The molecule has 19 heavy (non-hydrogen) atoms. The van der Waals surface area contributed by atoms with E-state index in [0.29, 0.717) is 19.2 Å². The number of aliphatic hydroxyl groups excluding tert-OH is 1. The summed E-state index contributed by atoms with van der Waals surface area (Å²) in [7, 11) is 1.69. The van der Waals surface area contributed by atoms with E-state index in [1.54, 1.807) is 18.4 Å². The molecular weight excluding hydrogens is 260 g/mol. The van der Waals surface area contributed by atoms with Gasteiger partial charge in [-0.25, -0.2) is 0 Å². The first kappa shape index (κ1) is 14.9. The minimum atomic E-state index is -0.309. The van der Waals surface area contributed by atoms with Gasteiger partial charge in [-0.05, 0) is 35.2 Å². The van der Waals surface area contributed by atoms with Crippen molar-refractivity contribution in [2.75, 3.05) is 33.4 Å². The van der Waals surface area contributed by atoms with Crippen LogP contribution in [0.3, 0.4) is 0 Å². The lowest BCUT2D eigenvalue weighted by atomic mass is 10.2. The standard InChI is InChI=1S/C14H24N2O2S/c1-18-6-5-15-8-14(17)10-16(13-2-3-13)9-12-4-7-19-11-12/h4,7,11,13-15,17H,2-3,5-6,8-10H2,1H3. The van der Waals surface area contributed by atoms with Gasteiger partial charge in [0.15, 0.2) is 0 Å². The average molecular weight is 284 g/mol. The number of nitrogens with zero attached hydrogens (tertiary/aromatic N) is 1. The van der Waals surface area contributed by atoms with Crippen LogP contribution in [0.1, 0.15) is 18.4 Å². The SMILES string of the molecule is COCCNCC(O)CN(Cc1ccsc1)C1CC1. The molecular formula is C14H24N2O2S. The fourth-order valence-corrected chi connectivity index (χ4v) is 2.84. The molecule has 1 heterocycles. The third-order valence-corrected chi connectivity index (χ3v) is 4.07. The van der Waals surface area contributed by atoms with Crippen LogP contribution in [-0.4, -0.2) is 55.5 Å². The molecule has 1 unspecified atom stereocenters. The Hall–Kier alpha value is -0.460. The predicted molar refractivity (Wildman–Crippen MR) is 78.5 cm³/mol. The zero-order chi connectivity index (χ0) is 13.5. The minimum absolute atomic E-state index is 0.309. The lowest BCUT2D eigenvalue weighted by Crippen LogP contribution is -2.39. The summed E-state index contributed by atoms with van der Waals surface area (Å²) in [5, 5.41) is 17.6. The van der Waals surface area contributed by atoms with Crippen LogP contribution in [0.2, 0.25) is 0 Å². The first-order valence-electron chi connectivity index (χ1n) is 6.92. The molecule has 0 bridgehead atoms. The molecule has 2 N–H and O–H groups in total. The van der Waals surface area contributed by atoms with E-state index in [2.05, 4.69) is 27.0 Å². The maximum absolute atomic E-state index is 10.1. The molecule has 0 aliphatic heterocycles. The highest BCUT2D eigenvalue weighted by Crippen LogP contribution is 2.28. The second-order valence-electron chi connectivity index (χ2n) is 5.14. The van der Waals surface area contributed by atoms with Crippen molar-refractivity contribution in [1.82, 2.24) is 10.2 Å². The molecule has 1 aliphatic rings. The first-order chi connectivity index (χ1) is 9.29. The molecule has 1 atom stereocenters. The van der Waals surface area contributed by atoms with Gasteiger partial charge in [0, 0.05) is 39.3 Å². The summed E-state index contributed by atoms with van der Waals surface area (Å²) in [6.07, 6.45) is 2.23. The van der Waals surface area contributed by atoms with Gasteiger partial charge < -0.3 is 15.2 Å². The Morgan fingerprint density at radius 3 is 3.05 bits per heavy atom. The smallest absolute Gasteiger partial charge is 0.0791 e. The molecule has 0 spiro atoms. The second kappa shape index (κ2) is 7.97. The molecule has 5 heteroatoms. The first-order valence-corrected chi connectivity index (χ1v) is 7.86. The lowest BCUT2D eigenvalue weighted by Gasteiger charge is -2.24. The monoisotopic (exact) mass is 284 g/mol. The Morgan fingerprint density at radius 1 is 1.58 bits per heavy atom. The van der Waals surface area contributed by atoms with Crippen LogP contribution in [0.5, 0.6) is 0 Å². The van der Waals surface area contributed by atoms with Crippen molar-refractivity contribution in [1.29, 1.82) is 0 Å². The van der Waals surface area contributed by atoms with Gasteiger partial charge in [0.2, 0.25) is 0 Å². The molecule has 0 saturated heterocycles. The van der Waals surface area contributed by atoms with E-state index in [9.17, 15) is 5.11 Å². The van der Waals surface area contributed by atoms with Crippen LogP contribution >= 0.6 is 11.3 Å². The zero-order valence-electron chi connectivity index (χ0n) is 11.5. The van der Waals surface area contributed by atoms with Crippen LogP contribution < -0.4 is 5.32 Å². The molecule has 1 fully saturated rings. The van der Waals surface area contributed by atoms with Crippen molar-refractivity contribution < 1.29 is 9.84 Å². The highest BCUT2D eigenvalue weighted by atomic mass is 32.1. The summed E-state index contributed by atoms with van der Waals surface area (Å²) in [6, 6.07) is 2.84. The average Bonchev–Trinajstić information content (AvgIpc) is 3.13. The van der Waals surface area contributed by atoms with Gasteiger partial charge in [0.05, 0.1) is 12.7 Å². The Morgan fingerprint density at radius 2 is 2.42 bits per heavy atom. The summed E-state index contributed by atoms with van der Waals surface area (Å²) in [5.41, 5.74) is 1.36. The normalized spacial score (nSPS) is 17.0. The van der Waals surface area contributed by atoms with E-state index in [4.69, 9.17) is 4.74 Å². The van der Waals surface area contributed by atoms with Gasteiger partial charge in [-0.15, -0.1) is 0 Å². The Kier molecular flexibility index (Phi) is 6.26. The van der Waals surface area contributed by atoms with Crippen molar-refractivity contribution in [3.8, 4) is 0 Å². The predicted octanol–water partition coefficient (Wildman–Crippen LogP) is 1.31. The number of methoxy groups -OCH3 is 1. The molecule has 0 aromatic carbocycles. The van der Waals surface area contributed by atoms with Gasteiger partial charge in [0.1, 0.15) is 0 Å². The van der Waals surface area contributed by atoms with Crippen LogP contribution in [0, 0.1) is 0 Å². The molecule has 108 valence electrons. The number of nitrogens with one attached hydrogen (secondary N) is 1. The molecule has 0 radical (unpaired) electrons. The number of aliphatic hydroxyl groups is 1. The van der Waals surface area contributed by atoms with Gasteiger partial charge in [0.25, 0.3) is 0 Å². The Labute approximate surface area is 119 Å². The van der Waals surface area contributed by atoms with Crippen LogP contribution in [0.4, 0.5) is 0 Å². The fraction of sp³-hybridized carbons (Fsp3) is 0.714. The van der Waals surface area contributed by atoms with Crippen LogP contribution in [0.15, 0.2) is 16.8 Å². The number of thiophene rings is 1. The third kappa shape index (κ3) is 5.58. The van der Waals surface area contributed by atoms with E-state index in [1.807, 2.05) is 0 Å². The van der Waals surface area contributed by atoms with E-state index >= 15 is 0 Å². The van der Waals surface area contributed by atoms with Crippen molar-refractivity contribution in [3.05, 3.63) is 22.4 Å². The largest absolute Gasteiger partial charge is 0.390 e. The van der Waals surface area contributed by atoms with E-state index in [-0.39, 0.29) is 6.10 Å². The molecule has 4 nitrogen and oxygen atoms in total. The molecule has 0 amide bonds. The number of rotatable bonds is 10. The summed E-state index contributed by atoms with van der Waals surface area (Å²) in [4.78, 5) is 2.41. The van der Waals surface area contributed by atoms with Crippen molar-refractivity contribution in [2.24, 2.45) is 0 Å². The Bertz CT molecular complexity index is 341. The second-order valence-corrected chi connectivity index (χ2v) is 5.92. The van der Waals surface area contributed by atoms with Gasteiger partial charge in [-0.3, -0.25) is 4.90 Å². The van der Waals surface area contributed by atoms with Gasteiger partial charge in [-0.1, -0.05) is 0 Å². The summed E-state index contributed by atoms with van der Waals surface area (Å²) in [5.74, 6) is 0. The third-order valence-electron chi connectivity index (χ3n) is 3.34. The summed E-state index contributed by atoms with van der Waals surface area (Å²) in [6.45, 7) is 3.83. The molecule has 1 aromatic heterocycles. The fourth-order valence-electron chi connectivity index (χ4n) is 2.18. The maximum atomic E-state index is 10.1. The Balaban J connectivity index is 1.70. The molecule has 1 saturated carbocycles. The topological polar surface area (TPSA) is 44.7 Å². The van der Waals surface area contributed by atoms with Crippen LogP contribution in [0.25, 0.3) is 0 Å². The summed E-state index contributed by atoms with van der Waals surface area (Å²) >= 11 is 1.74. The number of ether oxygens (including phenoxy) is 1. The lowest BCUT2D eigenvalue weighted by molar-refractivity contribution is 0.100. The van der Waals surface area contributed by atoms with E-state index < -0.39 is 0 Å². The molecule has 2 rings (SSSR count). The quantitative estimate of drug-likeness (QED) is 0.636. The van der Waals surface area contributed by atoms with Crippen molar-refractivity contribution in [3.63, 3.8) is 0 Å². The number of hydrogen-bond donors (Lipinski definition) is 2. The van der Waals surface area contributed by atoms with Gasteiger partial charge >= 0.3 is 0 Å². The summed E-state index contributed by atoms with van der Waals surface area (Å²) < 4.78 is 4.97. The molecule has 1 aromatic rings. The minimum Gasteiger partial charge on any atom is -0.390 e. The highest BCUT2D eigenvalue weighted by molar-refractivity contribution is 7.07. The highest BCUT2D eigenvalue weighted by Gasteiger charge is 2.30. The molecule has 1 aliphatic carbocycles. The number of hydrogen-bond acceptors (Lipinski definition) is 5. The van der Waals surface area contributed by atoms with Crippen molar-refractivity contribution >= 4 is 11.3 Å². The van der Waals surface area contributed by atoms with Crippen molar-refractivity contribution in [2.45, 2.75) is 31.5 Å². The van der Waals surface area contributed by atoms with Crippen LogP contribution in [-0.2, 0) is 11.3 Å². The van der Waals surface area contributed by atoms with E-state index in [1.165, 1.54) is 18.4 Å².